The van der Waals surface area contributed by atoms with Gasteiger partial charge in [0.1, 0.15) is 17.4 Å². The molecule has 1 fully saturated rings. The van der Waals surface area contributed by atoms with Gasteiger partial charge in [-0.05, 0) is 49.2 Å². The molecule has 2 aromatic rings. The lowest BCUT2D eigenvalue weighted by atomic mass is 9.95. The van der Waals surface area contributed by atoms with Crippen LogP contribution in [-0.2, 0) is 7.05 Å². The molecule has 0 amide bonds. The van der Waals surface area contributed by atoms with Crippen molar-refractivity contribution in [3.05, 3.63) is 70.8 Å². The fraction of sp³-hybridized carbons (Fsp3) is 0.346. The number of ether oxygens (including phenoxy) is 1. The summed E-state index contributed by atoms with van der Waals surface area (Å²) < 4.78 is 7.68. The summed E-state index contributed by atoms with van der Waals surface area (Å²) in [6, 6.07) is 7.97. The Kier molecular flexibility index (Phi) is 5.72. The maximum Gasteiger partial charge on any atom is 0.150 e. The zero-order chi connectivity index (χ0) is 24.7. The van der Waals surface area contributed by atoms with Gasteiger partial charge in [-0.1, -0.05) is 13.0 Å². The van der Waals surface area contributed by atoms with Gasteiger partial charge in [0.25, 0.3) is 0 Å². The Morgan fingerprint density at radius 3 is 2.83 bits per heavy atom. The molecule has 5 rings (SSSR count). The lowest BCUT2D eigenvalue weighted by Gasteiger charge is -2.36. The van der Waals surface area contributed by atoms with Crippen molar-refractivity contribution in [1.82, 2.24) is 20.0 Å². The highest BCUT2D eigenvalue weighted by molar-refractivity contribution is 6.08. The summed E-state index contributed by atoms with van der Waals surface area (Å²) in [6.07, 6.45) is 8.07. The summed E-state index contributed by atoms with van der Waals surface area (Å²) in [5.74, 6) is 2.07. The normalized spacial score (nSPS) is 22.4. The fourth-order valence-corrected chi connectivity index (χ4v) is 4.76. The number of hydrogen-bond donors (Lipinski definition) is 3. The number of hydrogen-bond acceptors (Lipinski definition) is 6. The first-order chi connectivity index (χ1) is 16.9. The molecule has 9 nitrogen and oxygen atoms in total. The number of aromatic nitrogens is 2. The van der Waals surface area contributed by atoms with E-state index in [0.29, 0.717) is 18.9 Å². The molecule has 1 aromatic carbocycles. The molecule has 9 heteroatoms. The third kappa shape index (κ3) is 3.91. The lowest BCUT2D eigenvalue weighted by Crippen LogP contribution is -2.39. The highest BCUT2D eigenvalue weighted by Crippen LogP contribution is 2.60. The number of nitrogens with one attached hydrogen (secondary N) is 1. The quantitative estimate of drug-likeness (QED) is 0.324. The molecule has 2 aliphatic heterocycles. The maximum atomic E-state index is 6.08. The number of methoxy groups -OCH3 is 1. The van der Waals surface area contributed by atoms with Crippen molar-refractivity contribution in [1.29, 1.82) is 0 Å². The second-order valence-electron chi connectivity index (χ2n) is 9.23. The third-order valence-electron chi connectivity index (χ3n) is 6.83. The number of rotatable bonds is 7. The average molecular weight is 473 g/mol. The average Bonchev–Trinajstić information content (AvgIpc) is 3.37. The molecule has 0 bridgehead atoms. The van der Waals surface area contributed by atoms with Crippen molar-refractivity contribution < 1.29 is 4.74 Å². The van der Waals surface area contributed by atoms with Gasteiger partial charge in [0.15, 0.2) is 0 Å². The Hall–Kier alpha value is -3.85. The Morgan fingerprint density at radius 1 is 1.31 bits per heavy atom. The van der Waals surface area contributed by atoms with E-state index in [2.05, 4.69) is 45.6 Å². The van der Waals surface area contributed by atoms with Gasteiger partial charge in [-0.15, -0.1) is 0 Å². The molecular formula is C26H32N8O. The smallest absolute Gasteiger partial charge is 0.150 e. The molecule has 0 saturated heterocycles. The maximum absolute atomic E-state index is 6.08. The van der Waals surface area contributed by atoms with Crippen LogP contribution in [0.4, 0.5) is 0 Å². The minimum Gasteiger partial charge on any atom is -0.496 e. The van der Waals surface area contributed by atoms with E-state index in [0.717, 1.165) is 58.3 Å². The van der Waals surface area contributed by atoms with E-state index in [1.165, 1.54) is 5.57 Å². The Morgan fingerprint density at radius 2 is 2.14 bits per heavy atom. The first-order valence-electron chi connectivity index (χ1n) is 11.8. The lowest BCUT2D eigenvalue weighted by molar-refractivity contribution is 0.412. The van der Waals surface area contributed by atoms with Gasteiger partial charge in [-0.2, -0.15) is 5.10 Å². The number of aryl methyl sites for hydroxylation is 1. The van der Waals surface area contributed by atoms with Crippen LogP contribution < -0.4 is 21.5 Å². The second kappa shape index (κ2) is 8.74. The van der Waals surface area contributed by atoms with Crippen molar-refractivity contribution in [2.24, 2.45) is 33.9 Å². The van der Waals surface area contributed by atoms with Crippen LogP contribution in [-0.4, -0.2) is 53.6 Å². The predicted molar refractivity (Wildman–Crippen MR) is 140 cm³/mol. The third-order valence-corrected chi connectivity index (χ3v) is 6.83. The highest BCUT2D eigenvalue weighted by atomic mass is 16.5. The Labute approximate surface area is 205 Å². The molecule has 1 unspecified atom stereocenters. The molecule has 0 radical (unpaired) electrons. The van der Waals surface area contributed by atoms with Crippen molar-refractivity contribution in [2.45, 2.75) is 19.8 Å². The minimum atomic E-state index is -0.0110. The fourth-order valence-electron chi connectivity index (χ4n) is 4.76. The van der Waals surface area contributed by atoms with E-state index < -0.39 is 0 Å². The molecule has 182 valence electrons. The van der Waals surface area contributed by atoms with Gasteiger partial charge in [0, 0.05) is 49.6 Å². The van der Waals surface area contributed by atoms with Gasteiger partial charge >= 0.3 is 0 Å². The summed E-state index contributed by atoms with van der Waals surface area (Å²) in [6.45, 7) is 3.53. The molecule has 0 spiro atoms. The molecule has 5 N–H and O–H groups in total. The number of amidine groups is 2. The van der Waals surface area contributed by atoms with Crippen molar-refractivity contribution in [3.8, 4) is 5.75 Å². The topological polar surface area (TPSA) is 119 Å². The minimum absolute atomic E-state index is 0.0110. The van der Waals surface area contributed by atoms with Crippen LogP contribution in [0.1, 0.15) is 36.6 Å². The van der Waals surface area contributed by atoms with Crippen molar-refractivity contribution in [3.63, 3.8) is 0 Å². The van der Waals surface area contributed by atoms with Crippen LogP contribution in [0.25, 0.3) is 11.4 Å². The van der Waals surface area contributed by atoms with E-state index in [9.17, 15) is 0 Å². The predicted octanol–water partition coefficient (Wildman–Crippen LogP) is 2.43. The molecule has 35 heavy (non-hydrogen) atoms. The molecule has 1 aliphatic carbocycles. The summed E-state index contributed by atoms with van der Waals surface area (Å²) in [5.41, 5.74) is 19.1. The highest BCUT2D eigenvalue weighted by Gasteiger charge is 2.51. The molecule has 1 aromatic heterocycles. The monoisotopic (exact) mass is 472 g/mol. The van der Waals surface area contributed by atoms with Crippen molar-refractivity contribution >= 4 is 23.1 Å². The van der Waals surface area contributed by atoms with Gasteiger partial charge in [-0.25, -0.2) is 0 Å². The number of allylic oxidation sites excluding steroid dienone is 2. The van der Waals surface area contributed by atoms with Gasteiger partial charge in [0.2, 0.25) is 0 Å². The summed E-state index contributed by atoms with van der Waals surface area (Å²) >= 11 is 0. The second-order valence-corrected chi connectivity index (χ2v) is 9.23. The Balaban J connectivity index is 1.66. The first-order valence-corrected chi connectivity index (χ1v) is 11.8. The van der Waals surface area contributed by atoms with Crippen LogP contribution in [0.2, 0.25) is 0 Å². The summed E-state index contributed by atoms with van der Waals surface area (Å²) in [7, 11) is 5.30. The number of aliphatic imine (C=N–C) groups is 2. The van der Waals surface area contributed by atoms with Gasteiger partial charge in [-0.3, -0.25) is 14.7 Å². The number of nitrogens with zero attached hydrogens (tertiary/aromatic N) is 5. The standard InChI is InChI=1S/C26H32N8O/c1-26-13-18(26)23-25(30-10-5-9-27)32-19(20-8-11-31-33(20)3)15-34(23)21(14-26)17-7-6-16(24(28)29-2)12-22(17)35-4/h6-8,11-12,14-15H,5,9-10,13,27H2,1-4H3,(H2,28,29)(H,30,32). The van der Waals surface area contributed by atoms with Crippen LogP contribution in [0.3, 0.4) is 0 Å². The summed E-state index contributed by atoms with van der Waals surface area (Å²) in [4.78, 5) is 11.3. The van der Waals surface area contributed by atoms with Gasteiger partial charge < -0.3 is 26.4 Å². The molecule has 3 aliphatic rings. The zero-order valence-corrected chi connectivity index (χ0v) is 20.7. The van der Waals surface area contributed by atoms with Crippen LogP contribution in [0, 0.1) is 5.41 Å². The number of nitrogens with two attached hydrogens (primary N) is 2. The number of fused-ring (bicyclic) bond motifs is 2. The van der Waals surface area contributed by atoms with Crippen LogP contribution in [0.15, 0.2) is 64.0 Å². The Bertz CT molecular complexity index is 1330. The van der Waals surface area contributed by atoms with E-state index in [1.807, 2.05) is 29.9 Å². The van der Waals surface area contributed by atoms with Crippen molar-refractivity contribution in [2.75, 3.05) is 27.2 Å². The summed E-state index contributed by atoms with van der Waals surface area (Å²) in [5, 5.41) is 7.94. The van der Waals surface area contributed by atoms with E-state index in [4.69, 9.17) is 21.2 Å². The molecular weight excluding hydrogens is 440 g/mol. The molecule has 3 heterocycles. The van der Waals surface area contributed by atoms with E-state index in [1.54, 1.807) is 20.4 Å². The van der Waals surface area contributed by atoms with E-state index in [-0.39, 0.29) is 5.41 Å². The van der Waals surface area contributed by atoms with Gasteiger partial charge in [0.05, 0.1) is 29.9 Å². The zero-order valence-electron chi connectivity index (χ0n) is 20.7. The first kappa shape index (κ1) is 22.9. The van der Waals surface area contributed by atoms with Crippen LogP contribution in [0.5, 0.6) is 5.75 Å². The van der Waals surface area contributed by atoms with E-state index >= 15 is 0 Å². The molecule has 1 saturated carbocycles. The SMILES string of the molecule is CN=C(N)c1ccc(C2=CC3(C)CC3=C3C(=NCCCN)NC(c4ccnn4C)=CN23)c(OC)c1. The largest absolute Gasteiger partial charge is 0.496 e. The van der Waals surface area contributed by atoms with Crippen LogP contribution >= 0.6 is 0 Å². The number of benzene rings is 1. The molecule has 1 atom stereocenters.